The summed E-state index contributed by atoms with van der Waals surface area (Å²) >= 11 is 0. The van der Waals surface area contributed by atoms with E-state index in [2.05, 4.69) is 24.3 Å². The maximum Gasteiger partial charge on any atom is 0.0636 e. The summed E-state index contributed by atoms with van der Waals surface area (Å²) in [5.74, 6) is 0. The van der Waals surface area contributed by atoms with Gasteiger partial charge >= 0.3 is 0 Å². The molecule has 14 heavy (non-hydrogen) atoms. The zero-order valence-electron chi connectivity index (χ0n) is 6.94. The molecule has 0 unspecified atom stereocenters. The summed E-state index contributed by atoms with van der Waals surface area (Å²) < 4.78 is 5.85. The van der Waals surface area contributed by atoms with Crippen LogP contribution in [0.4, 0.5) is 0 Å². The average Bonchev–Trinajstić information content (AvgIpc) is 2.07. The van der Waals surface area contributed by atoms with Crippen LogP contribution in [0.2, 0.25) is 0 Å². The summed E-state index contributed by atoms with van der Waals surface area (Å²) in [7, 11) is 7.56. The topological polar surface area (TPSA) is 0 Å². The van der Waals surface area contributed by atoms with Crippen molar-refractivity contribution in [1.29, 1.82) is 0 Å². The fraction of sp³-hybridized carbons (Fsp3) is 0. The largest absolute Gasteiger partial charge is 0.0785 e. The van der Waals surface area contributed by atoms with Gasteiger partial charge in [0, 0.05) is 10.8 Å². The lowest BCUT2D eigenvalue weighted by molar-refractivity contribution is 1.98. The van der Waals surface area contributed by atoms with E-state index in [1.165, 1.54) is 29.6 Å². The summed E-state index contributed by atoms with van der Waals surface area (Å²) in [5, 5.41) is 2.88. The molecule has 0 saturated carbocycles. The summed E-state index contributed by atoms with van der Waals surface area (Å²) in [6.07, 6.45) is 0. The second-order valence-electron chi connectivity index (χ2n) is 3.21. The molecule has 0 N–H and O–H groups in total. The molecule has 0 atom stereocenters. The molecule has 0 spiro atoms. The van der Waals surface area contributed by atoms with Gasteiger partial charge in [-0.2, -0.15) is 0 Å². The van der Waals surface area contributed by atoms with Gasteiger partial charge in [-0.15, -0.1) is 0 Å². The van der Waals surface area contributed by atoms with Crippen molar-refractivity contribution in [3.8, 4) is 0 Å². The maximum absolute atomic E-state index is 2.27. The predicted molar refractivity (Wildman–Crippen MR) is 70.5 cm³/mol. The van der Waals surface area contributed by atoms with Crippen molar-refractivity contribution in [2.75, 3.05) is 0 Å². The summed E-state index contributed by atoms with van der Waals surface area (Å²) in [6, 6.07) is 9.05. The second kappa shape index (κ2) is 2.58. The molecule has 0 bridgehead atoms. The SMILES string of the molecule is c1cc2c(ccc3ssc32)c2ssc12. The van der Waals surface area contributed by atoms with Crippen LogP contribution >= 0.6 is 41.4 Å². The average molecular weight is 252 g/mol. The lowest BCUT2D eigenvalue weighted by Crippen LogP contribution is -1.77. The normalized spacial score (nSPS) is 12.3. The van der Waals surface area contributed by atoms with Gasteiger partial charge in [0.2, 0.25) is 0 Å². The van der Waals surface area contributed by atoms with Crippen molar-refractivity contribution in [3.63, 3.8) is 0 Å². The molecule has 0 saturated heterocycles. The van der Waals surface area contributed by atoms with Crippen molar-refractivity contribution in [2.45, 2.75) is 0 Å². The fourth-order valence-corrected chi connectivity index (χ4v) is 5.83. The van der Waals surface area contributed by atoms with Crippen molar-refractivity contribution in [2.24, 2.45) is 0 Å². The highest BCUT2D eigenvalue weighted by atomic mass is 32.9. The minimum atomic E-state index is 1.44. The Balaban J connectivity index is 2.37. The van der Waals surface area contributed by atoms with Gasteiger partial charge in [-0.25, -0.2) is 0 Å². The molecule has 0 nitrogen and oxygen atoms in total. The lowest BCUT2D eigenvalue weighted by Gasteiger charge is -2.07. The molecule has 2 aromatic carbocycles. The highest BCUT2D eigenvalue weighted by Gasteiger charge is 2.09. The molecule has 4 aromatic rings. The molecule has 0 aliphatic carbocycles. The predicted octanol–water partition coefficient (Wildman–Crippen LogP) is 5.39. The Kier molecular flexibility index (Phi) is 1.44. The van der Waals surface area contributed by atoms with Gasteiger partial charge in [0.05, 0.1) is 18.8 Å². The smallest absolute Gasteiger partial charge is 0.0636 e. The second-order valence-corrected chi connectivity index (χ2v) is 7.58. The minimum Gasteiger partial charge on any atom is -0.0785 e. The monoisotopic (exact) mass is 252 g/mol. The van der Waals surface area contributed by atoms with E-state index in [0.29, 0.717) is 0 Å². The molecular weight excluding hydrogens is 248 g/mol. The van der Waals surface area contributed by atoms with E-state index in [-0.39, 0.29) is 0 Å². The third-order valence-corrected chi connectivity index (χ3v) is 7.71. The van der Waals surface area contributed by atoms with E-state index in [1.807, 2.05) is 41.4 Å². The van der Waals surface area contributed by atoms with Gasteiger partial charge in [-0.1, -0.05) is 53.5 Å². The third kappa shape index (κ3) is 0.827. The highest BCUT2D eigenvalue weighted by molar-refractivity contribution is 7.79. The number of rotatable bonds is 0. The molecule has 2 heterocycles. The van der Waals surface area contributed by atoms with E-state index in [4.69, 9.17) is 0 Å². The van der Waals surface area contributed by atoms with Crippen molar-refractivity contribution in [3.05, 3.63) is 24.3 Å². The molecule has 2 aromatic heterocycles. The number of fused-ring (bicyclic) bond motifs is 5. The zero-order chi connectivity index (χ0) is 9.12. The van der Waals surface area contributed by atoms with Crippen LogP contribution in [0.15, 0.2) is 24.3 Å². The fourth-order valence-electron chi connectivity index (χ4n) is 1.72. The molecule has 0 amide bonds. The van der Waals surface area contributed by atoms with Crippen LogP contribution in [0.5, 0.6) is 0 Å². The van der Waals surface area contributed by atoms with Crippen molar-refractivity contribution in [1.82, 2.24) is 0 Å². The Bertz CT molecular complexity index is 669. The molecular formula is C10H4S4. The van der Waals surface area contributed by atoms with Crippen LogP contribution in [0, 0.1) is 0 Å². The van der Waals surface area contributed by atoms with Crippen LogP contribution < -0.4 is 0 Å². The zero-order valence-corrected chi connectivity index (χ0v) is 10.2. The first-order valence-electron chi connectivity index (χ1n) is 4.22. The molecule has 0 fully saturated rings. The molecule has 0 aliphatic rings. The molecule has 4 rings (SSSR count). The standard InChI is InChI=1S/C10H4S4/c1-3-7-10(14-11-7)6-2-4-8-9(5(1)6)13-12-8/h1-4H. The van der Waals surface area contributed by atoms with Crippen molar-refractivity contribution < 1.29 is 0 Å². The van der Waals surface area contributed by atoms with Gasteiger partial charge < -0.3 is 0 Å². The first kappa shape index (κ1) is 7.82. The molecule has 68 valence electrons. The van der Waals surface area contributed by atoms with E-state index >= 15 is 0 Å². The van der Waals surface area contributed by atoms with E-state index in [0.717, 1.165) is 0 Å². The van der Waals surface area contributed by atoms with Gasteiger partial charge in [0.15, 0.2) is 0 Å². The van der Waals surface area contributed by atoms with Crippen LogP contribution in [0.3, 0.4) is 0 Å². The molecule has 0 aliphatic heterocycles. The van der Waals surface area contributed by atoms with E-state index in [9.17, 15) is 0 Å². The minimum absolute atomic E-state index is 1.44. The highest BCUT2D eigenvalue weighted by Crippen LogP contribution is 2.43. The first-order chi connectivity index (χ1) is 6.93. The third-order valence-electron chi connectivity index (χ3n) is 2.46. The van der Waals surface area contributed by atoms with Gasteiger partial charge in [-0.05, 0) is 12.1 Å². The Morgan fingerprint density at radius 3 is 1.43 bits per heavy atom. The Labute approximate surface area is 94.8 Å². The Hall–Kier alpha value is -0.420. The molecule has 0 radical (unpaired) electrons. The van der Waals surface area contributed by atoms with Gasteiger partial charge in [-0.3, -0.25) is 0 Å². The van der Waals surface area contributed by atoms with Crippen molar-refractivity contribution >= 4 is 70.9 Å². The van der Waals surface area contributed by atoms with E-state index in [1.54, 1.807) is 0 Å². The van der Waals surface area contributed by atoms with Gasteiger partial charge in [0.25, 0.3) is 0 Å². The van der Waals surface area contributed by atoms with Crippen LogP contribution in [-0.4, -0.2) is 0 Å². The van der Waals surface area contributed by atoms with Crippen LogP contribution in [-0.2, 0) is 0 Å². The summed E-state index contributed by atoms with van der Waals surface area (Å²) in [6.45, 7) is 0. The molecule has 4 heteroatoms. The summed E-state index contributed by atoms with van der Waals surface area (Å²) in [5.41, 5.74) is 0. The lowest BCUT2D eigenvalue weighted by atomic mass is 10.1. The number of benzene rings is 2. The number of hydrogen-bond acceptors (Lipinski definition) is 4. The van der Waals surface area contributed by atoms with Crippen LogP contribution in [0.25, 0.3) is 29.6 Å². The maximum atomic E-state index is 2.27. The quantitative estimate of drug-likeness (QED) is 0.368. The van der Waals surface area contributed by atoms with Gasteiger partial charge in [0.1, 0.15) is 0 Å². The Morgan fingerprint density at radius 1 is 0.571 bits per heavy atom. The van der Waals surface area contributed by atoms with Crippen LogP contribution in [0.1, 0.15) is 0 Å². The first-order valence-corrected chi connectivity index (χ1v) is 8.52. The summed E-state index contributed by atoms with van der Waals surface area (Å²) in [4.78, 5) is 0. The number of hydrogen-bond donors (Lipinski definition) is 0. The Morgan fingerprint density at radius 2 is 1.07 bits per heavy atom. The van der Waals surface area contributed by atoms with E-state index < -0.39 is 0 Å².